The van der Waals surface area contributed by atoms with E-state index in [-0.39, 0.29) is 16.2 Å². The van der Waals surface area contributed by atoms with Crippen LogP contribution in [0.15, 0.2) is 48.7 Å². The lowest BCUT2D eigenvalue weighted by Crippen LogP contribution is -2.29. The van der Waals surface area contributed by atoms with Crippen LogP contribution in [-0.4, -0.2) is 19.4 Å². The van der Waals surface area contributed by atoms with Crippen molar-refractivity contribution in [3.8, 4) is 11.4 Å². The van der Waals surface area contributed by atoms with E-state index < -0.39 is 0 Å². The van der Waals surface area contributed by atoms with Crippen LogP contribution in [0.2, 0.25) is 0 Å². The summed E-state index contributed by atoms with van der Waals surface area (Å²) in [5, 5.41) is 6.37. The summed E-state index contributed by atoms with van der Waals surface area (Å²) in [5.41, 5.74) is 9.60. The molecule has 0 fully saturated rings. The van der Waals surface area contributed by atoms with Crippen molar-refractivity contribution in [2.45, 2.75) is 92.4 Å². The van der Waals surface area contributed by atoms with E-state index in [0.29, 0.717) is 0 Å². The van der Waals surface area contributed by atoms with Gasteiger partial charge in [-0.25, -0.2) is 19.5 Å². The lowest BCUT2D eigenvalue weighted by Gasteiger charge is -2.23. The van der Waals surface area contributed by atoms with Gasteiger partial charge in [0.1, 0.15) is 18.7 Å². The second-order valence-electron chi connectivity index (χ2n) is 15.9. The fourth-order valence-electron chi connectivity index (χ4n) is 6.68. The number of fused-ring (bicyclic) bond motifs is 5. The standard InChI is InChI=1S/C39H44N5/c1-21-17-27-26-14-13-25(37(3,4)5)20-28(26)44-29-19-24(34-40-35(38(6,7)8)42-36(41-34)39(9,10)11)18-23-15-16-43(12)33(31(23)29)30(22(21)2)32(27)44/h13-20H,1-12H3/q+1. The van der Waals surface area contributed by atoms with Gasteiger partial charge in [0.05, 0.1) is 27.3 Å². The summed E-state index contributed by atoms with van der Waals surface area (Å²) < 4.78 is 4.82. The summed E-state index contributed by atoms with van der Waals surface area (Å²) in [4.78, 5) is 15.2. The number of rotatable bonds is 1. The molecule has 7 rings (SSSR count). The van der Waals surface area contributed by atoms with Crippen LogP contribution < -0.4 is 4.57 Å². The third-order valence-corrected chi connectivity index (χ3v) is 9.37. The molecule has 4 aromatic heterocycles. The Morgan fingerprint density at radius 1 is 0.659 bits per heavy atom. The van der Waals surface area contributed by atoms with E-state index in [1.807, 2.05) is 0 Å². The normalized spacial score (nSPS) is 13.5. The van der Waals surface area contributed by atoms with Crippen molar-refractivity contribution in [3.05, 3.63) is 77.0 Å². The SMILES string of the molecule is Cc1cc2c3ccc(C(C)(C)C)cc3n3c4cc(-c5nc(C(C)(C)C)nc(C(C)(C)C)n5)cc5cc[n+](C)c(c(c1C)c23)c54. The second kappa shape index (κ2) is 8.97. The van der Waals surface area contributed by atoms with Gasteiger partial charge in [-0.05, 0) is 65.6 Å². The first-order valence-electron chi connectivity index (χ1n) is 15.8. The minimum atomic E-state index is -0.204. The van der Waals surface area contributed by atoms with Gasteiger partial charge >= 0.3 is 0 Å². The molecule has 5 heteroatoms. The Morgan fingerprint density at radius 2 is 1.32 bits per heavy atom. The number of pyridine rings is 2. The van der Waals surface area contributed by atoms with Crippen molar-refractivity contribution in [2.75, 3.05) is 0 Å². The molecule has 0 N–H and O–H groups in total. The van der Waals surface area contributed by atoms with Gasteiger partial charge in [0.15, 0.2) is 12.0 Å². The fraction of sp³-hybridized carbons (Fsp3) is 0.385. The largest absolute Gasteiger partial charge is 0.307 e. The minimum absolute atomic E-state index is 0.0351. The van der Waals surface area contributed by atoms with E-state index in [0.717, 1.165) is 23.0 Å². The Kier molecular flexibility index (Phi) is 5.84. The number of hydrogen-bond donors (Lipinski definition) is 0. The molecule has 0 bridgehead atoms. The molecule has 0 spiro atoms. The molecule has 0 aliphatic rings. The van der Waals surface area contributed by atoms with Crippen LogP contribution in [0.25, 0.3) is 60.4 Å². The summed E-state index contributed by atoms with van der Waals surface area (Å²) in [6.45, 7) is 24.4. The van der Waals surface area contributed by atoms with E-state index in [1.54, 1.807) is 0 Å². The molecule has 0 unspecified atom stereocenters. The van der Waals surface area contributed by atoms with Gasteiger partial charge in [0, 0.05) is 33.2 Å². The lowest BCUT2D eigenvalue weighted by molar-refractivity contribution is -0.643. The zero-order valence-corrected chi connectivity index (χ0v) is 28.4. The highest BCUT2D eigenvalue weighted by atomic mass is 15.1. The first kappa shape index (κ1) is 28.6. The van der Waals surface area contributed by atoms with E-state index >= 15 is 0 Å². The lowest BCUT2D eigenvalue weighted by atomic mass is 9.86. The summed E-state index contributed by atoms with van der Waals surface area (Å²) in [6.07, 6.45) is 2.20. The number of aromatic nitrogens is 5. The average molecular weight is 583 g/mol. The average Bonchev–Trinajstić information content (AvgIpc) is 3.26. The zero-order valence-electron chi connectivity index (χ0n) is 28.4. The molecule has 0 amide bonds. The number of benzene rings is 3. The summed E-state index contributed by atoms with van der Waals surface area (Å²) in [7, 11) is 2.17. The fourth-order valence-corrected chi connectivity index (χ4v) is 6.68. The Labute approximate surface area is 260 Å². The Morgan fingerprint density at radius 3 is 1.93 bits per heavy atom. The maximum Gasteiger partial charge on any atom is 0.224 e. The van der Waals surface area contributed by atoms with Gasteiger partial charge in [0.25, 0.3) is 0 Å². The first-order chi connectivity index (χ1) is 20.4. The van der Waals surface area contributed by atoms with Crippen molar-refractivity contribution in [3.63, 3.8) is 0 Å². The minimum Gasteiger partial charge on any atom is -0.307 e. The topological polar surface area (TPSA) is 47.0 Å². The molecule has 3 aromatic carbocycles. The van der Waals surface area contributed by atoms with E-state index in [2.05, 4.69) is 141 Å². The highest BCUT2D eigenvalue weighted by Gasteiger charge is 2.29. The van der Waals surface area contributed by atoms with Crippen LogP contribution in [0, 0.1) is 13.8 Å². The highest BCUT2D eigenvalue weighted by molar-refractivity contribution is 6.26. The molecule has 7 aromatic rings. The van der Waals surface area contributed by atoms with Gasteiger partial charge in [-0.15, -0.1) is 0 Å². The quantitative estimate of drug-likeness (QED) is 0.110. The van der Waals surface area contributed by atoms with Crippen LogP contribution in [-0.2, 0) is 23.3 Å². The van der Waals surface area contributed by atoms with E-state index in [4.69, 9.17) is 15.0 Å². The molecular weight excluding hydrogens is 538 g/mol. The van der Waals surface area contributed by atoms with Crippen molar-refractivity contribution in [1.82, 2.24) is 19.4 Å². The predicted octanol–water partition coefficient (Wildman–Crippen LogP) is 9.18. The summed E-state index contributed by atoms with van der Waals surface area (Å²) >= 11 is 0. The highest BCUT2D eigenvalue weighted by Crippen LogP contribution is 2.43. The third-order valence-electron chi connectivity index (χ3n) is 9.37. The van der Waals surface area contributed by atoms with E-state index in [9.17, 15) is 0 Å². The van der Waals surface area contributed by atoms with Crippen LogP contribution >= 0.6 is 0 Å². The van der Waals surface area contributed by atoms with Crippen LogP contribution in [0.3, 0.4) is 0 Å². The molecule has 4 heterocycles. The zero-order chi connectivity index (χ0) is 31.7. The monoisotopic (exact) mass is 582 g/mol. The molecule has 0 radical (unpaired) electrons. The molecular formula is C39H44N5+. The van der Waals surface area contributed by atoms with Crippen molar-refractivity contribution in [1.29, 1.82) is 0 Å². The molecule has 0 aliphatic carbocycles. The number of aryl methyl sites for hydroxylation is 3. The van der Waals surface area contributed by atoms with Crippen LogP contribution in [0.5, 0.6) is 0 Å². The smallest absolute Gasteiger partial charge is 0.224 e. The van der Waals surface area contributed by atoms with Crippen LogP contribution in [0.1, 0.15) is 90.7 Å². The van der Waals surface area contributed by atoms with Crippen molar-refractivity contribution < 1.29 is 4.57 Å². The van der Waals surface area contributed by atoms with Gasteiger partial charge in [-0.2, -0.15) is 0 Å². The van der Waals surface area contributed by atoms with Gasteiger partial charge in [-0.1, -0.05) is 74.4 Å². The first-order valence-corrected chi connectivity index (χ1v) is 15.8. The Hall–Kier alpha value is -4.12. The predicted molar refractivity (Wildman–Crippen MR) is 184 cm³/mol. The van der Waals surface area contributed by atoms with Gasteiger partial charge in [-0.3, -0.25) is 0 Å². The van der Waals surface area contributed by atoms with Gasteiger partial charge < -0.3 is 4.40 Å². The molecule has 224 valence electrons. The van der Waals surface area contributed by atoms with Crippen molar-refractivity contribution >= 4 is 49.0 Å². The van der Waals surface area contributed by atoms with E-state index in [1.165, 1.54) is 65.7 Å². The van der Waals surface area contributed by atoms with Gasteiger partial charge in [0.2, 0.25) is 5.52 Å². The number of hydrogen-bond acceptors (Lipinski definition) is 3. The molecule has 0 aliphatic heterocycles. The molecule has 5 nitrogen and oxygen atoms in total. The molecule has 0 saturated carbocycles. The Balaban J connectivity index is 1.72. The third kappa shape index (κ3) is 4.12. The molecule has 0 saturated heterocycles. The summed E-state index contributed by atoms with van der Waals surface area (Å²) in [6, 6.07) is 16.3. The second-order valence-corrected chi connectivity index (χ2v) is 15.9. The van der Waals surface area contributed by atoms with Crippen LogP contribution in [0.4, 0.5) is 0 Å². The maximum atomic E-state index is 5.11. The summed E-state index contributed by atoms with van der Waals surface area (Å²) in [5.74, 6) is 2.37. The van der Waals surface area contributed by atoms with Crippen molar-refractivity contribution in [2.24, 2.45) is 7.05 Å². The maximum absolute atomic E-state index is 5.11. The Bertz CT molecular complexity index is 2270. The number of nitrogens with zero attached hydrogens (tertiary/aromatic N) is 5. The molecule has 44 heavy (non-hydrogen) atoms. The molecule has 0 atom stereocenters.